The Morgan fingerprint density at radius 1 is 1.55 bits per heavy atom. The van der Waals surface area contributed by atoms with Crippen LogP contribution in [0, 0.1) is 0 Å². The molecule has 2 amide bonds. The first-order chi connectivity index (χ1) is 4.93. The normalized spacial score (nSPS) is 11.0. The van der Waals surface area contributed by atoms with Crippen LogP contribution in [0.5, 0.6) is 0 Å². The predicted molar refractivity (Wildman–Crippen MR) is 32.9 cm³/mol. The lowest BCUT2D eigenvalue weighted by molar-refractivity contribution is -0.222. The molecule has 0 bridgehead atoms. The van der Waals surface area contributed by atoms with Crippen molar-refractivity contribution in [1.29, 1.82) is 0 Å². The van der Waals surface area contributed by atoms with E-state index in [1.807, 2.05) is 5.32 Å². The summed E-state index contributed by atoms with van der Waals surface area (Å²) in [5.41, 5.74) is 0. The van der Waals surface area contributed by atoms with Crippen LogP contribution in [-0.4, -0.2) is 30.8 Å². The van der Waals surface area contributed by atoms with E-state index in [4.69, 9.17) is 0 Å². The maximum absolute atomic E-state index is 11.8. The lowest BCUT2D eigenvalue weighted by Crippen LogP contribution is -2.46. The number of hydrogen-bond donors (Lipinski definition) is 1. The van der Waals surface area contributed by atoms with Crippen LogP contribution in [-0.2, 0) is 0 Å². The van der Waals surface area contributed by atoms with E-state index in [9.17, 15) is 18.0 Å². The minimum absolute atomic E-state index is 0.215. The fraction of sp³-hybridized carbons (Fsp3) is 0.800. The van der Waals surface area contributed by atoms with Crippen LogP contribution in [0.2, 0.25) is 0 Å². The summed E-state index contributed by atoms with van der Waals surface area (Å²) in [6, 6.07) is -1.14. The van der Waals surface area contributed by atoms with Crippen LogP contribution in [0.15, 0.2) is 0 Å². The van der Waals surface area contributed by atoms with Gasteiger partial charge in [0.1, 0.15) is 0 Å². The second-order valence-electron chi connectivity index (χ2n) is 1.77. The summed E-state index contributed by atoms with van der Waals surface area (Å²) in [6.45, 7) is 0.867. The highest BCUT2D eigenvalue weighted by molar-refractivity contribution is 5.74. The van der Waals surface area contributed by atoms with Gasteiger partial charge in [0.05, 0.1) is 0 Å². The third-order valence-electron chi connectivity index (χ3n) is 1.08. The maximum atomic E-state index is 11.8. The molecule has 0 aliphatic carbocycles. The SMILES string of the molecule is CCN(C(=O)NC)C(F)(F)F. The molecule has 0 atom stereocenters. The third kappa shape index (κ3) is 2.65. The molecule has 66 valence electrons. The highest BCUT2D eigenvalue weighted by Crippen LogP contribution is 2.20. The van der Waals surface area contributed by atoms with Crippen molar-refractivity contribution in [2.45, 2.75) is 13.2 Å². The molecule has 6 heteroatoms. The number of nitrogens with zero attached hydrogens (tertiary/aromatic N) is 1. The zero-order valence-corrected chi connectivity index (χ0v) is 6.20. The first-order valence-corrected chi connectivity index (χ1v) is 2.99. The topological polar surface area (TPSA) is 32.3 Å². The van der Waals surface area contributed by atoms with Crippen molar-refractivity contribution < 1.29 is 18.0 Å². The van der Waals surface area contributed by atoms with Crippen LogP contribution < -0.4 is 5.32 Å². The Morgan fingerprint density at radius 2 is 2.00 bits per heavy atom. The van der Waals surface area contributed by atoms with Crippen LogP contribution in [0.1, 0.15) is 6.92 Å². The van der Waals surface area contributed by atoms with Gasteiger partial charge in [-0.2, -0.15) is 0 Å². The highest BCUT2D eigenvalue weighted by atomic mass is 19.4. The molecule has 0 unspecified atom stereocenters. The average molecular weight is 170 g/mol. The molecule has 0 fully saturated rings. The predicted octanol–water partition coefficient (Wildman–Crippen LogP) is 1.17. The molecule has 0 saturated heterocycles. The summed E-state index contributed by atoms with van der Waals surface area (Å²) in [5.74, 6) is 0. The maximum Gasteiger partial charge on any atom is 0.488 e. The van der Waals surface area contributed by atoms with Gasteiger partial charge in [0.2, 0.25) is 0 Å². The van der Waals surface area contributed by atoms with Crippen molar-refractivity contribution in [2.24, 2.45) is 0 Å². The van der Waals surface area contributed by atoms with Crippen molar-refractivity contribution in [3.63, 3.8) is 0 Å². The molecular weight excluding hydrogens is 161 g/mol. The minimum Gasteiger partial charge on any atom is -0.341 e. The molecule has 0 aliphatic rings. The largest absolute Gasteiger partial charge is 0.488 e. The smallest absolute Gasteiger partial charge is 0.341 e. The van der Waals surface area contributed by atoms with Gasteiger partial charge in [-0.1, -0.05) is 0 Å². The van der Waals surface area contributed by atoms with Gasteiger partial charge in [-0.3, -0.25) is 0 Å². The van der Waals surface area contributed by atoms with Gasteiger partial charge < -0.3 is 5.32 Å². The second kappa shape index (κ2) is 3.45. The Bertz CT molecular complexity index is 145. The molecular formula is C5H9F3N2O. The standard InChI is InChI=1S/C5H9F3N2O/c1-3-10(4(11)9-2)5(6,7)8/h3H2,1-2H3,(H,9,11). The summed E-state index contributed by atoms with van der Waals surface area (Å²) in [6.07, 6.45) is -4.59. The summed E-state index contributed by atoms with van der Waals surface area (Å²) in [5, 5.41) is 1.89. The molecule has 1 N–H and O–H groups in total. The Balaban J connectivity index is 4.29. The van der Waals surface area contributed by atoms with E-state index in [2.05, 4.69) is 0 Å². The van der Waals surface area contributed by atoms with Crippen LogP contribution >= 0.6 is 0 Å². The minimum atomic E-state index is -4.59. The molecule has 0 aromatic rings. The van der Waals surface area contributed by atoms with E-state index in [0.717, 1.165) is 7.05 Å². The molecule has 0 heterocycles. The van der Waals surface area contributed by atoms with Crippen molar-refractivity contribution in [1.82, 2.24) is 10.2 Å². The number of hydrogen-bond acceptors (Lipinski definition) is 1. The van der Waals surface area contributed by atoms with Gasteiger partial charge >= 0.3 is 12.3 Å². The summed E-state index contributed by atoms with van der Waals surface area (Å²) in [7, 11) is 1.15. The van der Waals surface area contributed by atoms with Gasteiger partial charge in [-0.15, -0.1) is 13.2 Å². The number of halogens is 3. The van der Waals surface area contributed by atoms with E-state index in [1.165, 1.54) is 6.92 Å². The zero-order valence-electron chi connectivity index (χ0n) is 6.20. The Hall–Kier alpha value is -0.940. The van der Waals surface area contributed by atoms with E-state index in [0.29, 0.717) is 0 Å². The van der Waals surface area contributed by atoms with Crippen LogP contribution in [0.25, 0.3) is 0 Å². The van der Waals surface area contributed by atoms with Gasteiger partial charge in [-0.05, 0) is 6.92 Å². The number of nitrogens with one attached hydrogen (secondary N) is 1. The van der Waals surface area contributed by atoms with E-state index in [-0.39, 0.29) is 11.4 Å². The lowest BCUT2D eigenvalue weighted by Gasteiger charge is -2.22. The van der Waals surface area contributed by atoms with Crippen molar-refractivity contribution in [3.05, 3.63) is 0 Å². The number of amides is 2. The van der Waals surface area contributed by atoms with Gasteiger partial charge in [0.25, 0.3) is 0 Å². The Morgan fingerprint density at radius 3 is 2.09 bits per heavy atom. The molecule has 11 heavy (non-hydrogen) atoms. The Labute approximate surface area is 62.2 Å². The fourth-order valence-corrected chi connectivity index (χ4v) is 0.573. The van der Waals surface area contributed by atoms with E-state index < -0.39 is 12.3 Å². The molecule has 0 aromatic carbocycles. The second-order valence-corrected chi connectivity index (χ2v) is 1.77. The van der Waals surface area contributed by atoms with Gasteiger partial charge in [0.15, 0.2) is 0 Å². The Kier molecular flexibility index (Phi) is 3.16. The molecule has 0 aliphatic heterocycles. The first-order valence-electron chi connectivity index (χ1n) is 2.99. The van der Waals surface area contributed by atoms with Crippen molar-refractivity contribution >= 4 is 6.03 Å². The quantitative estimate of drug-likeness (QED) is 0.588. The van der Waals surface area contributed by atoms with Crippen LogP contribution in [0.3, 0.4) is 0 Å². The monoisotopic (exact) mass is 170 g/mol. The number of carbonyl (C=O) groups is 1. The highest BCUT2D eigenvalue weighted by Gasteiger charge is 2.39. The number of alkyl halides is 3. The number of urea groups is 1. The molecule has 0 radical (unpaired) electrons. The number of rotatable bonds is 1. The number of carbonyl (C=O) groups excluding carboxylic acids is 1. The summed E-state index contributed by atoms with van der Waals surface area (Å²) >= 11 is 0. The van der Waals surface area contributed by atoms with E-state index in [1.54, 1.807) is 0 Å². The summed E-state index contributed by atoms with van der Waals surface area (Å²) in [4.78, 5) is 10.3. The molecule has 0 saturated carbocycles. The fourth-order valence-electron chi connectivity index (χ4n) is 0.573. The van der Waals surface area contributed by atoms with Crippen molar-refractivity contribution in [2.75, 3.05) is 13.6 Å². The lowest BCUT2D eigenvalue weighted by atomic mass is 10.6. The van der Waals surface area contributed by atoms with Gasteiger partial charge in [0, 0.05) is 13.6 Å². The summed E-state index contributed by atoms with van der Waals surface area (Å²) < 4.78 is 35.5. The molecule has 0 aromatic heterocycles. The third-order valence-corrected chi connectivity index (χ3v) is 1.08. The molecule has 0 rings (SSSR count). The first kappa shape index (κ1) is 10.1. The average Bonchev–Trinajstić information content (AvgIpc) is 1.86. The van der Waals surface area contributed by atoms with Gasteiger partial charge in [-0.25, -0.2) is 9.69 Å². The van der Waals surface area contributed by atoms with Crippen LogP contribution in [0.4, 0.5) is 18.0 Å². The van der Waals surface area contributed by atoms with Crippen molar-refractivity contribution in [3.8, 4) is 0 Å². The molecule has 0 spiro atoms. The molecule has 3 nitrogen and oxygen atoms in total. The zero-order chi connectivity index (χ0) is 9.07. The van der Waals surface area contributed by atoms with E-state index >= 15 is 0 Å².